The maximum absolute atomic E-state index is 11.7. The number of sulfonamides is 1. The quantitative estimate of drug-likeness (QED) is 0.589. The van der Waals surface area contributed by atoms with E-state index in [4.69, 9.17) is 10.5 Å². The summed E-state index contributed by atoms with van der Waals surface area (Å²) >= 11 is 0. The van der Waals surface area contributed by atoms with E-state index in [2.05, 4.69) is 10.3 Å². The Labute approximate surface area is 131 Å². The highest BCUT2D eigenvalue weighted by molar-refractivity contribution is 7.89. The minimum Gasteiger partial charge on any atom is -0.380 e. The van der Waals surface area contributed by atoms with Gasteiger partial charge < -0.3 is 15.8 Å². The molecule has 0 amide bonds. The molecule has 0 aromatic heterocycles. The van der Waals surface area contributed by atoms with Gasteiger partial charge >= 0.3 is 0 Å². The fourth-order valence-electron chi connectivity index (χ4n) is 2.33. The fourth-order valence-corrected chi connectivity index (χ4v) is 3.84. The first kappa shape index (κ1) is 16.7. The summed E-state index contributed by atoms with van der Waals surface area (Å²) in [6, 6.07) is 7.65. The molecule has 2 rings (SSSR count). The molecular formula is C14H22N4O3S. The van der Waals surface area contributed by atoms with E-state index in [1.807, 2.05) is 24.3 Å². The number of aliphatic imine (C=N–C) groups is 1. The summed E-state index contributed by atoms with van der Waals surface area (Å²) in [6.45, 7) is 1.75. The van der Waals surface area contributed by atoms with Crippen molar-refractivity contribution in [3.8, 4) is 0 Å². The number of nitrogens with zero attached hydrogens (tertiary/aromatic N) is 2. The Balaban J connectivity index is 1.90. The molecule has 1 aliphatic rings. The molecule has 8 heteroatoms. The third-order valence-corrected chi connectivity index (χ3v) is 5.37. The maximum atomic E-state index is 11.7. The normalized spacial score (nSPS) is 18.5. The maximum Gasteiger partial charge on any atom is 0.214 e. The molecule has 1 saturated heterocycles. The molecule has 0 unspecified atom stereocenters. The van der Waals surface area contributed by atoms with Crippen molar-refractivity contribution in [2.45, 2.75) is 13.0 Å². The molecule has 1 aliphatic heterocycles. The van der Waals surface area contributed by atoms with Gasteiger partial charge in [0.25, 0.3) is 0 Å². The van der Waals surface area contributed by atoms with Crippen molar-refractivity contribution in [3.63, 3.8) is 0 Å². The van der Waals surface area contributed by atoms with Crippen molar-refractivity contribution in [3.05, 3.63) is 29.8 Å². The molecule has 7 nitrogen and oxygen atoms in total. The SMILES string of the molecule is COCc1ccccc1NC(N)=NCCN1CCCS1(=O)=O. The molecule has 122 valence electrons. The van der Waals surface area contributed by atoms with Gasteiger partial charge in [0.15, 0.2) is 5.96 Å². The highest BCUT2D eigenvalue weighted by Gasteiger charge is 2.27. The summed E-state index contributed by atoms with van der Waals surface area (Å²) in [7, 11) is -1.44. The summed E-state index contributed by atoms with van der Waals surface area (Å²) in [6.07, 6.45) is 0.685. The zero-order chi connectivity index (χ0) is 16.0. The van der Waals surface area contributed by atoms with Crippen LogP contribution in [0.2, 0.25) is 0 Å². The minimum absolute atomic E-state index is 0.231. The molecule has 22 heavy (non-hydrogen) atoms. The average Bonchev–Trinajstić information content (AvgIpc) is 2.80. The second kappa shape index (κ2) is 7.57. The standard InChI is InChI=1S/C14H22N4O3S/c1-21-11-12-5-2-3-6-13(12)17-14(15)16-7-9-18-8-4-10-22(18,19)20/h2-3,5-6H,4,7-11H2,1H3,(H3,15,16,17). The van der Waals surface area contributed by atoms with Crippen molar-refractivity contribution in [1.82, 2.24) is 4.31 Å². The number of nitrogens with one attached hydrogen (secondary N) is 1. The van der Waals surface area contributed by atoms with Crippen LogP contribution in [0.5, 0.6) is 0 Å². The Morgan fingerprint density at radius 3 is 2.91 bits per heavy atom. The number of guanidine groups is 1. The van der Waals surface area contributed by atoms with Crippen LogP contribution in [-0.4, -0.2) is 51.2 Å². The lowest BCUT2D eigenvalue weighted by Gasteiger charge is -2.13. The van der Waals surface area contributed by atoms with Gasteiger partial charge in [-0.25, -0.2) is 12.7 Å². The van der Waals surface area contributed by atoms with Gasteiger partial charge in [-0.2, -0.15) is 0 Å². The van der Waals surface area contributed by atoms with E-state index in [9.17, 15) is 8.42 Å². The molecule has 0 radical (unpaired) electrons. The van der Waals surface area contributed by atoms with Gasteiger partial charge in [-0.3, -0.25) is 4.99 Å². The lowest BCUT2D eigenvalue weighted by Crippen LogP contribution is -2.30. The van der Waals surface area contributed by atoms with E-state index in [1.165, 1.54) is 4.31 Å². The van der Waals surface area contributed by atoms with E-state index in [1.54, 1.807) is 7.11 Å². The van der Waals surface area contributed by atoms with Crippen molar-refractivity contribution in [2.24, 2.45) is 10.7 Å². The molecule has 0 bridgehead atoms. The number of hydrogen-bond donors (Lipinski definition) is 2. The Bertz CT molecular complexity index is 631. The highest BCUT2D eigenvalue weighted by atomic mass is 32.2. The zero-order valence-electron chi connectivity index (χ0n) is 12.7. The molecular weight excluding hydrogens is 304 g/mol. The molecule has 0 aliphatic carbocycles. The Kier molecular flexibility index (Phi) is 5.76. The van der Waals surface area contributed by atoms with Gasteiger partial charge in [-0.1, -0.05) is 18.2 Å². The molecule has 0 atom stereocenters. The van der Waals surface area contributed by atoms with Crippen LogP contribution in [-0.2, 0) is 21.4 Å². The van der Waals surface area contributed by atoms with Crippen molar-refractivity contribution in [1.29, 1.82) is 0 Å². The van der Waals surface area contributed by atoms with Crippen LogP contribution in [0.1, 0.15) is 12.0 Å². The predicted molar refractivity (Wildman–Crippen MR) is 87.2 cm³/mol. The van der Waals surface area contributed by atoms with Crippen molar-refractivity contribution < 1.29 is 13.2 Å². The number of methoxy groups -OCH3 is 1. The van der Waals surface area contributed by atoms with Gasteiger partial charge in [0.1, 0.15) is 0 Å². The molecule has 0 saturated carbocycles. The minimum atomic E-state index is -3.07. The number of rotatable bonds is 6. The summed E-state index contributed by atoms with van der Waals surface area (Å²) in [5.41, 5.74) is 7.66. The van der Waals surface area contributed by atoms with Crippen molar-refractivity contribution in [2.75, 3.05) is 37.8 Å². The summed E-state index contributed by atoms with van der Waals surface area (Å²) in [5.74, 6) is 0.495. The number of para-hydroxylation sites is 1. The van der Waals surface area contributed by atoms with Crippen LogP contribution in [0.3, 0.4) is 0 Å². The summed E-state index contributed by atoms with van der Waals surface area (Å²) < 4.78 is 29.9. The van der Waals surface area contributed by atoms with E-state index < -0.39 is 10.0 Å². The second-order valence-electron chi connectivity index (χ2n) is 5.05. The lowest BCUT2D eigenvalue weighted by molar-refractivity contribution is 0.185. The first-order valence-corrected chi connectivity index (χ1v) is 8.75. The van der Waals surface area contributed by atoms with Crippen LogP contribution in [0.25, 0.3) is 0 Å². The molecule has 1 heterocycles. The number of nitrogens with two attached hydrogens (primary N) is 1. The summed E-state index contributed by atoms with van der Waals surface area (Å²) in [5, 5.41) is 3.02. The van der Waals surface area contributed by atoms with Crippen LogP contribution in [0, 0.1) is 0 Å². The largest absolute Gasteiger partial charge is 0.380 e. The molecule has 1 aromatic carbocycles. The molecule has 3 N–H and O–H groups in total. The molecule has 1 fully saturated rings. The lowest BCUT2D eigenvalue weighted by atomic mass is 10.2. The number of anilines is 1. The predicted octanol–water partition coefficient (Wildman–Crippen LogP) is 0.595. The Morgan fingerprint density at radius 1 is 1.45 bits per heavy atom. The van der Waals surface area contributed by atoms with Crippen LogP contribution >= 0.6 is 0 Å². The first-order chi connectivity index (χ1) is 10.5. The topological polar surface area (TPSA) is 97.0 Å². The smallest absolute Gasteiger partial charge is 0.214 e. The number of benzene rings is 1. The zero-order valence-corrected chi connectivity index (χ0v) is 13.5. The van der Waals surface area contributed by atoms with Crippen molar-refractivity contribution >= 4 is 21.7 Å². The second-order valence-corrected chi connectivity index (χ2v) is 7.14. The number of hydrogen-bond acceptors (Lipinski definition) is 4. The Hall–Kier alpha value is -1.64. The van der Waals surface area contributed by atoms with Crippen LogP contribution < -0.4 is 11.1 Å². The van der Waals surface area contributed by atoms with E-state index in [0.29, 0.717) is 32.7 Å². The van der Waals surface area contributed by atoms with E-state index in [-0.39, 0.29) is 11.7 Å². The van der Waals surface area contributed by atoms with Gasteiger partial charge in [0.2, 0.25) is 10.0 Å². The van der Waals surface area contributed by atoms with Crippen LogP contribution in [0.15, 0.2) is 29.3 Å². The van der Waals surface area contributed by atoms with Gasteiger partial charge in [0.05, 0.1) is 18.9 Å². The van der Waals surface area contributed by atoms with Gasteiger partial charge in [-0.05, 0) is 12.5 Å². The molecule has 1 aromatic rings. The highest BCUT2D eigenvalue weighted by Crippen LogP contribution is 2.15. The fraction of sp³-hybridized carbons (Fsp3) is 0.500. The Morgan fingerprint density at radius 2 is 2.23 bits per heavy atom. The van der Waals surface area contributed by atoms with Crippen LogP contribution in [0.4, 0.5) is 5.69 Å². The van der Waals surface area contributed by atoms with Gasteiger partial charge in [-0.15, -0.1) is 0 Å². The third-order valence-electron chi connectivity index (χ3n) is 3.41. The first-order valence-electron chi connectivity index (χ1n) is 7.14. The summed E-state index contributed by atoms with van der Waals surface area (Å²) in [4.78, 5) is 4.19. The van der Waals surface area contributed by atoms with Gasteiger partial charge in [0, 0.05) is 31.5 Å². The third kappa shape index (κ3) is 4.43. The van der Waals surface area contributed by atoms with E-state index >= 15 is 0 Å². The molecule has 0 spiro atoms. The average molecular weight is 326 g/mol. The van der Waals surface area contributed by atoms with E-state index in [0.717, 1.165) is 11.3 Å². The number of ether oxygens (including phenoxy) is 1. The monoisotopic (exact) mass is 326 g/mol.